The summed E-state index contributed by atoms with van der Waals surface area (Å²) in [6.07, 6.45) is 5.64. The van der Waals surface area contributed by atoms with Crippen LogP contribution in [-0.2, 0) is 14.7 Å². The summed E-state index contributed by atoms with van der Waals surface area (Å²) in [5.74, 6) is 1.64. The average molecular weight is 749 g/mol. The fraction of sp³-hybridized carbons (Fsp3) is 0.400. The molecule has 0 saturated carbocycles. The third-order valence-electron chi connectivity index (χ3n) is 7.85. The first-order valence-electron chi connectivity index (χ1n) is 14.9. The normalized spacial score (nSPS) is 15.9. The molecule has 2 saturated heterocycles. The Labute approximate surface area is 283 Å². The number of methoxy groups -OCH3 is 1. The van der Waals surface area contributed by atoms with E-state index in [0.717, 1.165) is 56.3 Å². The van der Waals surface area contributed by atoms with Crippen molar-refractivity contribution < 1.29 is 22.3 Å². The summed E-state index contributed by atoms with van der Waals surface area (Å²) >= 11 is 3.56. The largest absolute Gasteiger partial charge is 0.494 e. The summed E-state index contributed by atoms with van der Waals surface area (Å²) in [6, 6.07) is 8.58. The minimum atomic E-state index is -3.67. The van der Waals surface area contributed by atoms with Crippen LogP contribution < -0.4 is 30.9 Å². The van der Waals surface area contributed by atoms with Gasteiger partial charge in [-0.05, 0) is 59.9 Å². The van der Waals surface area contributed by atoms with Crippen molar-refractivity contribution in [3.05, 3.63) is 52.9 Å². The molecule has 2 aromatic heterocycles. The smallest absolute Gasteiger partial charge is 0.261 e. The van der Waals surface area contributed by atoms with Crippen LogP contribution in [0.15, 0.2) is 47.3 Å². The van der Waals surface area contributed by atoms with Crippen LogP contribution in [0.3, 0.4) is 0 Å². The van der Waals surface area contributed by atoms with Gasteiger partial charge in [0.25, 0.3) is 10.1 Å². The molecule has 0 amide bonds. The molecule has 0 bridgehead atoms. The second-order valence-corrected chi connectivity index (χ2v) is 17.3. The maximum absolute atomic E-state index is 13.4. The zero-order valence-corrected chi connectivity index (χ0v) is 30.2. The quantitative estimate of drug-likeness (QED) is 0.151. The zero-order chi connectivity index (χ0) is 33.9. The van der Waals surface area contributed by atoms with E-state index in [1.54, 1.807) is 39.0 Å². The molecule has 2 aliphatic heterocycles. The number of nitrogens with one attached hydrogen (secondary N) is 3. The van der Waals surface area contributed by atoms with Gasteiger partial charge in [-0.3, -0.25) is 19.4 Å². The molecule has 0 spiro atoms. The van der Waals surface area contributed by atoms with Crippen molar-refractivity contribution in [1.82, 2.24) is 30.2 Å². The summed E-state index contributed by atoms with van der Waals surface area (Å²) in [7, 11) is -4.72. The molecular weight excluding hydrogens is 709 g/mol. The Morgan fingerprint density at radius 2 is 1.72 bits per heavy atom. The van der Waals surface area contributed by atoms with E-state index in [2.05, 4.69) is 75.7 Å². The van der Waals surface area contributed by atoms with Gasteiger partial charge in [0.15, 0.2) is 0 Å². The number of halogens is 1. The van der Waals surface area contributed by atoms with Crippen LogP contribution in [-0.4, -0.2) is 110 Å². The van der Waals surface area contributed by atoms with Gasteiger partial charge >= 0.3 is 0 Å². The number of ether oxygens (including phenoxy) is 1. The Morgan fingerprint density at radius 1 is 1.04 bits per heavy atom. The van der Waals surface area contributed by atoms with E-state index in [4.69, 9.17) is 14.3 Å². The lowest BCUT2D eigenvalue weighted by molar-refractivity contribution is 0.138. The standard InChI is InChI=1S/C29H35BrN9O2P.CH4O3S/c1-18-13-23(25(41-2)14-24(18)39-11-9-38(10-12-39)19-15-31-16-19)36-29-34-17-20(30)28(37-29)35-22-6-5-21-26(33-8-7-32-21)27(22)42(3,4)40;1-5(2,3)4/h5-8,13-14,17,19,31H,9-12,15-16H2,1-4H3,(H2,34,35,36,37);1H3,(H,2,3,4). The van der Waals surface area contributed by atoms with E-state index < -0.39 is 17.3 Å². The van der Waals surface area contributed by atoms with Gasteiger partial charge in [-0.1, -0.05) is 0 Å². The van der Waals surface area contributed by atoms with E-state index in [1.807, 2.05) is 12.1 Å². The Balaban J connectivity index is 0.000000807. The number of hydrogen-bond donors (Lipinski definition) is 4. The molecule has 47 heavy (non-hydrogen) atoms. The van der Waals surface area contributed by atoms with Gasteiger partial charge in [0.05, 0.1) is 40.0 Å². The number of fused-ring (bicyclic) bond motifs is 1. The minimum absolute atomic E-state index is 0.396. The SMILES string of the molecule is COc1cc(N2CCN(C3CNC3)CC2)c(C)cc1Nc1ncc(Br)c(Nc2ccc3nccnc3c2P(C)(C)=O)n1.CS(=O)(=O)O. The number of rotatable bonds is 8. The van der Waals surface area contributed by atoms with E-state index in [-0.39, 0.29) is 0 Å². The molecule has 17 heteroatoms. The first-order valence-corrected chi connectivity index (χ1v) is 20.1. The van der Waals surface area contributed by atoms with E-state index in [9.17, 15) is 13.0 Å². The molecule has 0 unspecified atom stereocenters. The molecule has 0 radical (unpaired) electrons. The van der Waals surface area contributed by atoms with Crippen LogP contribution in [0.4, 0.5) is 28.8 Å². The van der Waals surface area contributed by atoms with Crippen LogP contribution in [0, 0.1) is 6.92 Å². The fourth-order valence-corrected chi connectivity index (χ4v) is 7.26. The molecule has 4 heterocycles. The van der Waals surface area contributed by atoms with E-state index >= 15 is 0 Å². The summed E-state index contributed by atoms with van der Waals surface area (Å²) in [6.45, 7) is 11.9. The van der Waals surface area contributed by atoms with Crippen molar-refractivity contribution in [2.24, 2.45) is 0 Å². The van der Waals surface area contributed by atoms with Gasteiger partial charge in [-0.15, -0.1) is 0 Å². The van der Waals surface area contributed by atoms with E-state index in [1.165, 1.54) is 5.69 Å². The molecule has 2 aromatic carbocycles. The number of nitrogens with zero attached hydrogens (tertiary/aromatic N) is 6. The second kappa shape index (κ2) is 14.4. The molecular formula is C30H39BrN9O5PS. The third kappa shape index (κ3) is 8.75. The lowest BCUT2D eigenvalue weighted by Crippen LogP contribution is -2.61. The lowest BCUT2D eigenvalue weighted by atomic mass is 10.1. The average Bonchev–Trinajstić information content (AvgIpc) is 2.97. The highest BCUT2D eigenvalue weighted by Crippen LogP contribution is 2.41. The van der Waals surface area contributed by atoms with Crippen molar-refractivity contribution in [1.29, 1.82) is 0 Å². The number of aryl methyl sites for hydroxylation is 1. The van der Waals surface area contributed by atoms with Crippen LogP contribution >= 0.6 is 23.1 Å². The molecule has 6 rings (SSSR count). The van der Waals surface area contributed by atoms with Crippen molar-refractivity contribution >= 4 is 78.4 Å². The van der Waals surface area contributed by atoms with Crippen LogP contribution in [0.25, 0.3) is 11.0 Å². The Hall–Kier alpha value is -3.40. The van der Waals surface area contributed by atoms with Gasteiger partial charge in [-0.25, -0.2) is 4.98 Å². The topological polar surface area (TPSA) is 175 Å². The highest BCUT2D eigenvalue weighted by Gasteiger charge is 2.28. The molecule has 14 nitrogen and oxygen atoms in total. The summed E-state index contributed by atoms with van der Waals surface area (Å²) in [5, 5.41) is 10.7. The van der Waals surface area contributed by atoms with Gasteiger partial charge in [-0.2, -0.15) is 13.4 Å². The van der Waals surface area contributed by atoms with Crippen LogP contribution in [0.2, 0.25) is 0 Å². The Bertz CT molecular complexity index is 1910. The molecule has 2 fully saturated rings. The highest BCUT2D eigenvalue weighted by atomic mass is 79.9. The van der Waals surface area contributed by atoms with Gasteiger partial charge in [0, 0.05) is 75.7 Å². The number of piperazine rings is 1. The van der Waals surface area contributed by atoms with Gasteiger partial charge < -0.3 is 30.2 Å². The van der Waals surface area contributed by atoms with Crippen LogP contribution in [0.5, 0.6) is 5.75 Å². The monoisotopic (exact) mass is 747 g/mol. The number of aromatic nitrogens is 4. The number of anilines is 5. The summed E-state index contributed by atoms with van der Waals surface area (Å²) < 4.78 is 45.7. The third-order valence-corrected chi connectivity index (χ3v) is 9.96. The molecule has 4 N–H and O–H groups in total. The molecule has 252 valence electrons. The maximum Gasteiger partial charge on any atom is 0.261 e. The van der Waals surface area contributed by atoms with Crippen molar-refractivity contribution in [2.45, 2.75) is 13.0 Å². The molecule has 0 atom stereocenters. The summed E-state index contributed by atoms with van der Waals surface area (Å²) in [4.78, 5) is 23.1. The minimum Gasteiger partial charge on any atom is -0.494 e. The zero-order valence-electron chi connectivity index (χ0n) is 26.9. The lowest BCUT2D eigenvalue weighted by Gasteiger charge is -2.44. The Kier molecular flexibility index (Phi) is 10.7. The van der Waals surface area contributed by atoms with Crippen molar-refractivity contribution in [3.8, 4) is 5.75 Å². The second-order valence-electron chi connectivity index (χ2n) is 11.8. The van der Waals surface area contributed by atoms with Crippen LogP contribution in [0.1, 0.15) is 5.56 Å². The van der Waals surface area contributed by atoms with E-state index in [0.29, 0.717) is 50.6 Å². The molecule has 4 aromatic rings. The predicted molar refractivity (Wildman–Crippen MR) is 191 cm³/mol. The fourth-order valence-electron chi connectivity index (χ4n) is 5.58. The van der Waals surface area contributed by atoms with Crippen molar-refractivity contribution in [2.75, 3.05) is 81.5 Å². The highest BCUT2D eigenvalue weighted by molar-refractivity contribution is 9.10. The Morgan fingerprint density at radius 3 is 2.34 bits per heavy atom. The van der Waals surface area contributed by atoms with Gasteiger partial charge in [0.1, 0.15) is 24.2 Å². The molecule has 0 aliphatic carbocycles. The molecule has 2 aliphatic rings. The van der Waals surface area contributed by atoms with Gasteiger partial charge in [0.2, 0.25) is 5.95 Å². The first-order chi connectivity index (χ1) is 22.2. The number of hydrogen-bond acceptors (Lipinski definition) is 13. The summed E-state index contributed by atoms with van der Waals surface area (Å²) in [5.41, 5.74) is 5.07. The number of benzene rings is 2. The predicted octanol–water partition coefficient (Wildman–Crippen LogP) is 3.83. The first kappa shape index (κ1) is 34.9. The maximum atomic E-state index is 13.4. The van der Waals surface area contributed by atoms with Crippen molar-refractivity contribution in [3.63, 3.8) is 0 Å².